The van der Waals surface area contributed by atoms with Crippen LogP contribution in [0.5, 0.6) is 11.5 Å². The molecule has 0 saturated carbocycles. The summed E-state index contributed by atoms with van der Waals surface area (Å²) in [6.45, 7) is 1.95. The van der Waals surface area contributed by atoms with Gasteiger partial charge in [-0.2, -0.15) is 4.73 Å². The molecule has 7 heteroatoms. The SMILES string of the molecule is CCCC(=O)On1cccc1-c1nc(-c2ccc(OC)cc2)c(-c2ccc(OC)cc2)s1. The second-order valence-corrected chi connectivity index (χ2v) is 8.09. The number of ether oxygens (including phenoxy) is 2. The van der Waals surface area contributed by atoms with Crippen LogP contribution in [0, 0.1) is 0 Å². The number of hydrogen-bond acceptors (Lipinski definition) is 6. The highest BCUT2D eigenvalue weighted by molar-refractivity contribution is 7.18. The highest BCUT2D eigenvalue weighted by Gasteiger charge is 2.19. The zero-order valence-electron chi connectivity index (χ0n) is 18.2. The van der Waals surface area contributed by atoms with Crippen LogP contribution in [0.25, 0.3) is 32.4 Å². The monoisotopic (exact) mass is 448 g/mol. The van der Waals surface area contributed by atoms with Gasteiger partial charge in [-0.1, -0.05) is 6.92 Å². The number of carbonyl (C=O) groups excluding carboxylic acids is 1. The first kappa shape index (κ1) is 21.6. The molecule has 0 atom stereocenters. The van der Waals surface area contributed by atoms with Crippen LogP contribution in [0.4, 0.5) is 0 Å². The van der Waals surface area contributed by atoms with Gasteiger partial charge in [0, 0.05) is 18.2 Å². The molecule has 0 aliphatic heterocycles. The zero-order valence-corrected chi connectivity index (χ0v) is 19.0. The summed E-state index contributed by atoms with van der Waals surface area (Å²) >= 11 is 1.55. The fourth-order valence-corrected chi connectivity index (χ4v) is 4.39. The quantitative estimate of drug-likeness (QED) is 0.345. The lowest BCUT2D eigenvalue weighted by molar-refractivity contribution is -0.143. The largest absolute Gasteiger partial charge is 0.497 e. The van der Waals surface area contributed by atoms with E-state index in [2.05, 4.69) is 0 Å². The normalized spacial score (nSPS) is 10.7. The molecule has 4 rings (SSSR count). The smallest absolute Gasteiger partial charge is 0.332 e. The molecular weight excluding hydrogens is 424 g/mol. The summed E-state index contributed by atoms with van der Waals surface area (Å²) in [5, 5.41) is 0.760. The summed E-state index contributed by atoms with van der Waals surface area (Å²) in [5.41, 5.74) is 3.58. The predicted molar refractivity (Wildman–Crippen MR) is 126 cm³/mol. The first-order valence-electron chi connectivity index (χ1n) is 10.3. The van der Waals surface area contributed by atoms with E-state index < -0.39 is 0 Å². The van der Waals surface area contributed by atoms with E-state index in [4.69, 9.17) is 19.3 Å². The van der Waals surface area contributed by atoms with Gasteiger partial charge in [0.15, 0.2) is 0 Å². The summed E-state index contributed by atoms with van der Waals surface area (Å²) in [6.07, 6.45) is 2.82. The Balaban J connectivity index is 1.79. The molecule has 0 unspecified atom stereocenters. The van der Waals surface area contributed by atoms with Gasteiger partial charge in [-0.15, -0.1) is 11.3 Å². The van der Waals surface area contributed by atoms with E-state index in [0.29, 0.717) is 6.42 Å². The van der Waals surface area contributed by atoms with Gasteiger partial charge in [-0.25, -0.2) is 9.78 Å². The van der Waals surface area contributed by atoms with E-state index in [1.54, 1.807) is 31.8 Å². The molecular formula is C25H24N2O4S. The van der Waals surface area contributed by atoms with Crippen molar-refractivity contribution < 1.29 is 19.1 Å². The van der Waals surface area contributed by atoms with Gasteiger partial charge in [0.25, 0.3) is 0 Å². The van der Waals surface area contributed by atoms with E-state index in [0.717, 1.165) is 50.3 Å². The molecule has 6 nitrogen and oxygen atoms in total. The van der Waals surface area contributed by atoms with Crippen molar-refractivity contribution in [1.82, 2.24) is 9.71 Å². The number of methoxy groups -OCH3 is 2. The van der Waals surface area contributed by atoms with Crippen molar-refractivity contribution in [2.45, 2.75) is 19.8 Å². The Morgan fingerprint density at radius 3 is 2.16 bits per heavy atom. The summed E-state index contributed by atoms with van der Waals surface area (Å²) < 4.78 is 12.1. The van der Waals surface area contributed by atoms with Crippen LogP contribution in [0.2, 0.25) is 0 Å². The van der Waals surface area contributed by atoms with Gasteiger partial charge in [0.1, 0.15) is 22.2 Å². The number of hydrogen-bond donors (Lipinski definition) is 0. The number of nitrogens with zero attached hydrogens (tertiary/aromatic N) is 2. The Labute approximate surface area is 191 Å². The van der Waals surface area contributed by atoms with Gasteiger partial charge in [0.05, 0.1) is 24.8 Å². The maximum atomic E-state index is 12.0. The van der Waals surface area contributed by atoms with E-state index in [9.17, 15) is 4.79 Å². The minimum atomic E-state index is -0.271. The molecule has 0 amide bonds. The predicted octanol–water partition coefficient (Wildman–Crippen LogP) is 5.72. The average molecular weight is 449 g/mol. The minimum absolute atomic E-state index is 0.271. The Morgan fingerprint density at radius 1 is 0.938 bits per heavy atom. The molecule has 0 bridgehead atoms. The highest BCUT2D eigenvalue weighted by Crippen LogP contribution is 2.41. The van der Waals surface area contributed by atoms with Gasteiger partial charge in [0.2, 0.25) is 0 Å². The summed E-state index contributed by atoms with van der Waals surface area (Å²) in [6, 6.07) is 19.5. The van der Waals surface area contributed by atoms with Crippen LogP contribution in [-0.4, -0.2) is 29.9 Å². The molecule has 0 spiro atoms. The number of rotatable bonds is 8. The number of benzene rings is 2. The standard InChI is InChI=1S/C25H24N2O4S/c1-4-6-22(28)31-27-16-5-7-21(27)25-26-23(17-8-12-19(29-2)13-9-17)24(32-25)18-10-14-20(30-3)15-11-18/h5,7-16H,4,6H2,1-3H3. The van der Waals surface area contributed by atoms with Crippen LogP contribution in [-0.2, 0) is 4.79 Å². The summed E-state index contributed by atoms with van der Waals surface area (Å²) in [7, 11) is 3.29. The van der Waals surface area contributed by atoms with Crippen molar-refractivity contribution in [2.75, 3.05) is 14.2 Å². The van der Waals surface area contributed by atoms with Crippen molar-refractivity contribution in [3.05, 3.63) is 66.9 Å². The third-order valence-corrected chi connectivity index (χ3v) is 6.06. The van der Waals surface area contributed by atoms with Crippen molar-refractivity contribution in [2.24, 2.45) is 0 Å². The number of carbonyl (C=O) groups is 1. The van der Waals surface area contributed by atoms with Crippen molar-refractivity contribution in [3.63, 3.8) is 0 Å². The molecule has 0 aliphatic rings. The van der Waals surface area contributed by atoms with Crippen LogP contribution in [0.3, 0.4) is 0 Å². The molecule has 0 aliphatic carbocycles. The highest BCUT2D eigenvalue weighted by atomic mass is 32.1. The first-order chi connectivity index (χ1) is 15.6. The molecule has 2 heterocycles. The molecule has 4 aromatic rings. The summed E-state index contributed by atoms with van der Waals surface area (Å²) in [4.78, 5) is 23.5. The van der Waals surface area contributed by atoms with Gasteiger partial charge in [-0.3, -0.25) is 0 Å². The van der Waals surface area contributed by atoms with Crippen molar-refractivity contribution >= 4 is 17.3 Å². The van der Waals surface area contributed by atoms with E-state index in [-0.39, 0.29) is 5.97 Å². The second-order valence-electron chi connectivity index (χ2n) is 7.09. The van der Waals surface area contributed by atoms with Gasteiger partial charge >= 0.3 is 5.97 Å². The Hall–Kier alpha value is -3.58. The lowest BCUT2D eigenvalue weighted by Gasteiger charge is -2.06. The Morgan fingerprint density at radius 2 is 1.56 bits per heavy atom. The fourth-order valence-electron chi connectivity index (χ4n) is 3.28. The number of aromatic nitrogens is 2. The Kier molecular flexibility index (Phi) is 6.56. The average Bonchev–Trinajstić information content (AvgIpc) is 3.46. The molecule has 0 radical (unpaired) electrons. The maximum Gasteiger partial charge on any atom is 0.332 e. The first-order valence-corrected chi connectivity index (χ1v) is 11.1. The Bertz CT molecular complexity index is 1130. The van der Waals surface area contributed by atoms with Gasteiger partial charge in [-0.05, 0) is 72.6 Å². The molecule has 0 fully saturated rings. The fraction of sp³-hybridized carbons (Fsp3) is 0.200. The third-order valence-electron chi connectivity index (χ3n) is 4.93. The third kappa shape index (κ3) is 4.53. The second kappa shape index (κ2) is 9.70. The zero-order chi connectivity index (χ0) is 22.5. The molecule has 0 N–H and O–H groups in total. The topological polar surface area (TPSA) is 62.6 Å². The van der Waals surface area contributed by atoms with Crippen molar-refractivity contribution in [1.29, 1.82) is 0 Å². The number of thiazole rings is 1. The van der Waals surface area contributed by atoms with Crippen molar-refractivity contribution in [3.8, 4) is 43.9 Å². The lowest BCUT2D eigenvalue weighted by Crippen LogP contribution is -2.19. The van der Waals surface area contributed by atoms with E-state index >= 15 is 0 Å². The van der Waals surface area contributed by atoms with Crippen LogP contribution in [0.1, 0.15) is 19.8 Å². The van der Waals surface area contributed by atoms with Gasteiger partial charge < -0.3 is 14.3 Å². The maximum absolute atomic E-state index is 12.0. The van der Waals surface area contributed by atoms with Crippen LogP contribution < -0.4 is 14.3 Å². The van der Waals surface area contributed by atoms with E-state index in [1.165, 1.54) is 4.73 Å². The molecule has 2 aromatic heterocycles. The molecule has 0 saturated heterocycles. The summed E-state index contributed by atoms with van der Waals surface area (Å²) in [5.74, 6) is 1.31. The lowest BCUT2D eigenvalue weighted by atomic mass is 10.1. The molecule has 164 valence electrons. The van der Waals surface area contributed by atoms with Crippen LogP contribution >= 0.6 is 11.3 Å². The molecule has 2 aromatic carbocycles. The minimum Gasteiger partial charge on any atom is -0.497 e. The van der Waals surface area contributed by atoms with Crippen LogP contribution in [0.15, 0.2) is 66.9 Å². The van der Waals surface area contributed by atoms with E-state index in [1.807, 2.05) is 67.6 Å². The molecule has 32 heavy (non-hydrogen) atoms.